The van der Waals surface area contributed by atoms with Gasteiger partial charge in [0.1, 0.15) is 5.75 Å². The summed E-state index contributed by atoms with van der Waals surface area (Å²) < 4.78 is 10.9. The standard InChI is InChI=1S/C17H24N2O5/c1-12-4-5-13(8-15(12)23-3)17(22)19-6-7-24-14(10-19)9-18(2)11-16(20)21/h4-5,8,14H,6-7,9-11H2,1-3H3,(H,20,21). The number of likely N-dealkylation sites (N-methyl/N-ethyl adjacent to an activating group) is 1. The molecule has 24 heavy (non-hydrogen) atoms. The van der Waals surface area contributed by atoms with Gasteiger partial charge in [-0.3, -0.25) is 14.5 Å². The number of amides is 1. The third-order valence-corrected chi connectivity index (χ3v) is 4.00. The quantitative estimate of drug-likeness (QED) is 0.830. The highest BCUT2D eigenvalue weighted by atomic mass is 16.5. The van der Waals surface area contributed by atoms with E-state index in [1.807, 2.05) is 13.0 Å². The van der Waals surface area contributed by atoms with Crippen molar-refractivity contribution in [2.45, 2.75) is 13.0 Å². The van der Waals surface area contributed by atoms with Crippen LogP contribution in [0, 0.1) is 6.92 Å². The monoisotopic (exact) mass is 336 g/mol. The molecule has 1 amide bonds. The molecule has 1 fully saturated rings. The van der Waals surface area contributed by atoms with E-state index >= 15 is 0 Å². The summed E-state index contributed by atoms with van der Waals surface area (Å²) >= 11 is 0. The van der Waals surface area contributed by atoms with Crippen LogP contribution >= 0.6 is 0 Å². The maximum absolute atomic E-state index is 12.7. The van der Waals surface area contributed by atoms with Gasteiger partial charge in [-0.1, -0.05) is 6.07 Å². The number of aryl methyl sites for hydroxylation is 1. The second-order valence-electron chi connectivity index (χ2n) is 6.02. The largest absolute Gasteiger partial charge is 0.496 e. The lowest BCUT2D eigenvalue weighted by molar-refractivity contribution is -0.138. The lowest BCUT2D eigenvalue weighted by atomic mass is 10.1. The number of aliphatic carboxylic acids is 1. The summed E-state index contributed by atoms with van der Waals surface area (Å²) in [4.78, 5) is 26.9. The molecular formula is C17H24N2O5. The van der Waals surface area contributed by atoms with Gasteiger partial charge in [-0.05, 0) is 31.7 Å². The highest BCUT2D eigenvalue weighted by molar-refractivity contribution is 5.94. The Hall–Kier alpha value is -2.12. The molecule has 0 spiro atoms. The molecule has 0 aliphatic carbocycles. The van der Waals surface area contributed by atoms with E-state index in [9.17, 15) is 9.59 Å². The molecule has 1 unspecified atom stereocenters. The van der Waals surface area contributed by atoms with E-state index in [0.717, 1.165) is 5.56 Å². The molecule has 7 heteroatoms. The minimum Gasteiger partial charge on any atom is -0.496 e. The number of nitrogens with zero attached hydrogens (tertiary/aromatic N) is 2. The molecule has 0 radical (unpaired) electrons. The van der Waals surface area contributed by atoms with E-state index in [0.29, 0.717) is 37.6 Å². The molecule has 1 aliphatic heterocycles. The fraction of sp³-hybridized carbons (Fsp3) is 0.529. The molecule has 1 aromatic carbocycles. The zero-order chi connectivity index (χ0) is 17.7. The van der Waals surface area contributed by atoms with Gasteiger partial charge in [0.05, 0.1) is 26.4 Å². The maximum atomic E-state index is 12.7. The van der Waals surface area contributed by atoms with Gasteiger partial charge in [-0.2, -0.15) is 0 Å². The zero-order valence-corrected chi connectivity index (χ0v) is 14.3. The van der Waals surface area contributed by atoms with Crippen LogP contribution in [0.5, 0.6) is 5.75 Å². The topological polar surface area (TPSA) is 79.3 Å². The lowest BCUT2D eigenvalue weighted by Crippen LogP contribution is -2.49. The minimum atomic E-state index is -0.881. The molecular weight excluding hydrogens is 312 g/mol. The number of methoxy groups -OCH3 is 1. The molecule has 1 saturated heterocycles. The van der Waals surface area contributed by atoms with Crippen LogP contribution in [0.4, 0.5) is 0 Å². The summed E-state index contributed by atoms with van der Waals surface area (Å²) in [5, 5.41) is 8.82. The predicted molar refractivity (Wildman–Crippen MR) is 88.5 cm³/mol. The van der Waals surface area contributed by atoms with E-state index in [-0.39, 0.29) is 18.6 Å². The first-order valence-corrected chi connectivity index (χ1v) is 7.86. The minimum absolute atomic E-state index is 0.0526. The Kier molecular flexibility index (Phi) is 6.16. The van der Waals surface area contributed by atoms with E-state index in [2.05, 4.69) is 0 Å². The van der Waals surface area contributed by atoms with Gasteiger partial charge in [-0.15, -0.1) is 0 Å². The number of morpholine rings is 1. The van der Waals surface area contributed by atoms with E-state index in [1.165, 1.54) is 0 Å². The Morgan fingerprint density at radius 1 is 1.46 bits per heavy atom. The molecule has 1 aromatic rings. The average molecular weight is 336 g/mol. The second-order valence-corrected chi connectivity index (χ2v) is 6.02. The summed E-state index contributed by atoms with van der Waals surface area (Å²) in [5.74, 6) is -0.262. The summed E-state index contributed by atoms with van der Waals surface area (Å²) in [7, 11) is 3.31. The first kappa shape index (κ1) is 18.2. The number of carboxylic acids is 1. The first-order valence-electron chi connectivity index (χ1n) is 7.86. The number of carboxylic acid groups (broad SMARTS) is 1. The number of benzene rings is 1. The molecule has 0 bridgehead atoms. The molecule has 1 N–H and O–H groups in total. The van der Waals surface area contributed by atoms with Gasteiger partial charge >= 0.3 is 5.97 Å². The summed E-state index contributed by atoms with van der Waals surface area (Å²) in [6, 6.07) is 5.41. The molecule has 132 valence electrons. The van der Waals surface area contributed by atoms with Crippen molar-refractivity contribution < 1.29 is 24.2 Å². The fourth-order valence-electron chi connectivity index (χ4n) is 2.79. The Morgan fingerprint density at radius 2 is 2.21 bits per heavy atom. The summed E-state index contributed by atoms with van der Waals surface area (Å²) in [5.41, 5.74) is 1.56. The number of ether oxygens (including phenoxy) is 2. The number of hydrogen-bond donors (Lipinski definition) is 1. The van der Waals surface area contributed by atoms with Crippen LogP contribution in [0.25, 0.3) is 0 Å². The molecule has 1 aliphatic rings. The molecule has 2 rings (SSSR count). The highest BCUT2D eigenvalue weighted by Crippen LogP contribution is 2.21. The maximum Gasteiger partial charge on any atom is 0.317 e. The highest BCUT2D eigenvalue weighted by Gasteiger charge is 2.26. The molecule has 0 saturated carbocycles. The first-order chi connectivity index (χ1) is 11.4. The summed E-state index contributed by atoms with van der Waals surface area (Å²) in [6.07, 6.45) is -0.195. The zero-order valence-electron chi connectivity index (χ0n) is 14.3. The van der Waals surface area contributed by atoms with Crippen LogP contribution in [0.3, 0.4) is 0 Å². The van der Waals surface area contributed by atoms with Crippen molar-refractivity contribution in [1.29, 1.82) is 0 Å². The van der Waals surface area contributed by atoms with Crippen LogP contribution in [-0.2, 0) is 9.53 Å². The third kappa shape index (κ3) is 4.69. The van der Waals surface area contributed by atoms with Crippen molar-refractivity contribution in [2.24, 2.45) is 0 Å². The SMILES string of the molecule is COc1cc(C(=O)N2CCOC(CN(C)CC(=O)O)C2)ccc1C. The number of hydrogen-bond acceptors (Lipinski definition) is 5. The van der Waals surface area contributed by atoms with Crippen molar-refractivity contribution in [2.75, 3.05) is 46.9 Å². The Morgan fingerprint density at radius 3 is 2.88 bits per heavy atom. The third-order valence-electron chi connectivity index (χ3n) is 4.00. The van der Waals surface area contributed by atoms with Crippen LogP contribution in [0.15, 0.2) is 18.2 Å². The van der Waals surface area contributed by atoms with E-state index in [4.69, 9.17) is 14.6 Å². The average Bonchev–Trinajstić information content (AvgIpc) is 2.54. The lowest BCUT2D eigenvalue weighted by Gasteiger charge is -2.34. The number of carbonyl (C=O) groups excluding carboxylic acids is 1. The van der Waals surface area contributed by atoms with Crippen LogP contribution < -0.4 is 4.74 Å². The molecule has 7 nitrogen and oxygen atoms in total. The Labute approximate surface area is 141 Å². The van der Waals surface area contributed by atoms with Gasteiger partial charge in [0.15, 0.2) is 0 Å². The van der Waals surface area contributed by atoms with Gasteiger partial charge in [-0.25, -0.2) is 0 Å². The number of carbonyl (C=O) groups is 2. The van der Waals surface area contributed by atoms with Crippen LogP contribution in [0.1, 0.15) is 15.9 Å². The van der Waals surface area contributed by atoms with Gasteiger partial charge < -0.3 is 19.5 Å². The van der Waals surface area contributed by atoms with Crippen LogP contribution in [-0.4, -0.2) is 79.8 Å². The number of rotatable bonds is 6. The van der Waals surface area contributed by atoms with E-state index in [1.54, 1.807) is 36.1 Å². The van der Waals surface area contributed by atoms with Gasteiger partial charge in [0, 0.05) is 25.2 Å². The van der Waals surface area contributed by atoms with Crippen molar-refractivity contribution in [3.8, 4) is 5.75 Å². The predicted octanol–water partition coefficient (Wildman–Crippen LogP) is 0.861. The van der Waals surface area contributed by atoms with Crippen molar-refractivity contribution in [3.05, 3.63) is 29.3 Å². The smallest absolute Gasteiger partial charge is 0.317 e. The second kappa shape index (κ2) is 8.12. The Balaban J connectivity index is 2.01. The summed E-state index contributed by atoms with van der Waals surface area (Å²) in [6.45, 7) is 3.75. The van der Waals surface area contributed by atoms with Crippen molar-refractivity contribution in [3.63, 3.8) is 0 Å². The fourth-order valence-corrected chi connectivity index (χ4v) is 2.79. The van der Waals surface area contributed by atoms with Crippen LogP contribution in [0.2, 0.25) is 0 Å². The molecule has 0 aromatic heterocycles. The Bertz CT molecular complexity index is 605. The molecule has 1 atom stereocenters. The normalized spacial score (nSPS) is 17.8. The van der Waals surface area contributed by atoms with Crippen molar-refractivity contribution >= 4 is 11.9 Å². The van der Waals surface area contributed by atoms with Gasteiger partial charge in [0.2, 0.25) is 0 Å². The van der Waals surface area contributed by atoms with Crippen molar-refractivity contribution in [1.82, 2.24) is 9.80 Å². The van der Waals surface area contributed by atoms with E-state index < -0.39 is 5.97 Å². The molecule has 1 heterocycles. The van der Waals surface area contributed by atoms with Gasteiger partial charge in [0.25, 0.3) is 5.91 Å².